The minimum absolute atomic E-state index is 0.00532. The van der Waals surface area contributed by atoms with Crippen molar-refractivity contribution in [3.63, 3.8) is 0 Å². The molecular formula is C21H22ClF4N3O3. The highest BCUT2D eigenvalue weighted by Crippen LogP contribution is 2.49. The van der Waals surface area contributed by atoms with Crippen LogP contribution in [0.25, 0.3) is 0 Å². The maximum Gasteiger partial charge on any atom is 0.391 e. The van der Waals surface area contributed by atoms with Gasteiger partial charge in [0.15, 0.2) is 6.61 Å². The first-order valence-corrected chi connectivity index (χ1v) is 10.8. The molecule has 174 valence electrons. The van der Waals surface area contributed by atoms with E-state index < -0.39 is 17.9 Å². The van der Waals surface area contributed by atoms with Crippen molar-refractivity contribution in [2.24, 2.45) is 5.92 Å². The molecule has 0 aliphatic heterocycles. The van der Waals surface area contributed by atoms with Gasteiger partial charge in [0.05, 0.1) is 10.9 Å². The number of alkyl halides is 3. The smallest absolute Gasteiger partial charge is 0.391 e. The molecule has 2 saturated carbocycles. The van der Waals surface area contributed by atoms with E-state index in [0.717, 1.165) is 6.07 Å². The molecule has 2 aliphatic carbocycles. The summed E-state index contributed by atoms with van der Waals surface area (Å²) >= 11 is 5.61. The number of rotatable bonds is 6. The third kappa shape index (κ3) is 5.33. The van der Waals surface area contributed by atoms with Gasteiger partial charge in [-0.3, -0.25) is 4.79 Å². The number of halogens is 5. The monoisotopic (exact) mass is 475 g/mol. The number of aromatic nitrogens is 2. The molecule has 1 heterocycles. The summed E-state index contributed by atoms with van der Waals surface area (Å²) in [4.78, 5) is 12.1. The molecule has 2 aromatic rings. The van der Waals surface area contributed by atoms with Gasteiger partial charge < -0.3 is 14.5 Å². The summed E-state index contributed by atoms with van der Waals surface area (Å²) in [5, 5.41) is 10.9. The summed E-state index contributed by atoms with van der Waals surface area (Å²) in [6.07, 6.45) is -1.36. The van der Waals surface area contributed by atoms with Crippen LogP contribution in [0.15, 0.2) is 22.6 Å². The van der Waals surface area contributed by atoms with Gasteiger partial charge in [-0.15, -0.1) is 10.2 Å². The van der Waals surface area contributed by atoms with Crippen LogP contribution in [-0.4, -0.2) is 34.9 Å². The number of amides is 1. The first-order valence-electron chi connectivity index (χ1n) is 10.5. The van der Waals surface area contributed by atoms with Crippen LogP contribution in [0.1, 0.15) is 62.1 Å². The van der Waals surface area contributed by atoms with Gasteiger partial charge >= 0.3 is 6.18 Å². The summed E-state index contributed by atoms with van der Waals surface area (Å²) in [5.41, 5.74) is 0. The Morgan fingerprint density at radius 3 is 2.41 bits per heavy atom. The van der Waals surface area contributed by atoms with Crippen LogP contribution in [0, 0.1) is 11.7 Å². The summed E-state index contributed by atoms with van der Waals surface area (Å²) in [6.45, 7) is -0.242. The number of carbonyl (C=O) groups excluding carboxylic acids is 1. The van der Waals surface area contributed by atoms with Crippen LogP contribution < -0.4 is 10.1 Å². The standard InChI is InChI=1S/C21H22ClF4N3O3/c22-16-6-5-15(9-17(16)23)31-10-18(30)27-14-3-1-11(2-4-14)19-28-29-20(32-19)12-7-13(8-12)21(24,25)26/h5-6,9,11-14H,1-4,7-8,10H2,(H,27,30)/t11-,12-,13+,14-. The van der Waals surface area contributed by atoms with Crippen molar-refractivity contribution in [2.45, 2.75) is 62.6 Å². The zero-order valence-corrected chi connectivity index (χ0v) is 17.8. The zero-order valence-electron chi connectivity index (χ0n) is 17.0. The Morgan fingerprint density at radius 2 is 1.78 bits per heavy atom. The quantitative estimate of drug-likeness (QED) is 0.585. The van der Waals surface area contributed by atoms with Crippen molar-refractivity contribution in [1.82, 2.24) is 15.5 Å². The minimum Gasteiger partial charge on any atom is -0.484 e. The van der Waals surface area contributed by atoms with Gasteiger partial charge in [-0.05, 0) is 50.7 Å². The molecule has 1 amide bonds. The van der Waals surface area contributed by atoms with Gasteiger partial charge in [-0.1, -0.05) is 11.6 Å². The van der Waals surface area contributed by atoms with Gasteiger partial charge in [0.1, 0.15) is 11.6 Å². The van der Waals surface area contributed by atoms with Crippen LogP contribution in [0.2, 0.25) is 5.02 Å². The highest BCUT2D eigenvalue weighted by molar-refractivity contribution is 6.30. The Balaban J connectivity index is 1.19. The Hall–Kier alpha value is -2.36. The van der Waals surface area contributed by atoms with Crippen molar-refractivity contribution in [1.29, 1.82) is 0 Å². The largest absolute Gasteiger partial charge is 0.484 e. The fourth-order valence-electron chi connectivity index (χ4n) is 4.13. The molecule has 0 unspecified atom stereocenters. The summed E-state index contributed by atoms with van der Waals surface area (Å²) in [7, 11) is 0. The maximum absolute atomic E-state index is 13.4. The van der Waals surface area contributed by atoms with E-state index in [4.69, 9.17) is 20.8 Å². The predicted octanol–water partition coefficient (Wildman–Crippen LogP) is 5.14. The average Bonchev–Trinajstić information content (AvgIpc) is 3.17. The van der Waals surface area contributed by atoms with Gasteiger partial charge in [-0.25, -0.2) is 4.39 Å². The Kier molecular flexibility index (Phi) is 6.60. The van der Waals surface area contributed by atoms with Crippen LogP contribution in [0.5, 0.6) is 5.75 Å². The van der Waals surface area contributed by atoms with Crippen LogP contribution in [0.4, 0.5) is 17.6 Å². The SMILES string of the molecule is O=C(COc1ccc(Cl)c(F)c1)N[C@H]1CC[C@H](c2nnc([C@H]3C[C@@H](C(F)(F)F)C3)o2)CC1. The number of hydrogen-bond acceptors (Lipinski definition) is 5. The first kappa shape index (κ1) is 22.8. The van der Waals surface area contributed by atoms with Crippen LogP contribution in [0.3, 0.4) is 0 Å². The fourth-order valence-corrected chi connectivity index (χ4v) is 4.25. The van der Waals surface area contributed by atoms with E-state index >= 15 is 0 Å². The van der Waals surface area contributed by atoms with Crippen molar-refractivity contribution in [3.8, 4) is 5.75 Å². The van der Waals surface area contributed by atoms with E-state index in [1.54, 1.807) is 0 Å². The molecule has 2 fully saturated rings. The number of nitrogens with zero attached hydrogens (tertiary/aromatic N) is 2. The van der Waals surface area contributed by atoms with E-state index in [1.165, 1.54) is 12.1 Å². The second-order valence-corrected chi connectivity index (χ2v) is 8.77. The number of hydrogen-bond donors (Lipinski definition) is 1. The lowest BCUT2D eigenvalue weighted by Gasteiger charge is -2.34. The topological polar surface area (TPSA) is 77.2 Å². The van der Waals surface area contributed by atoms with Gasteiger partial charge in [0, 0.05) is 23.9 Å². The molecular weight excluding hydrogens is 454 g/mol. The highest BCUT2D eigenvalue weighted by atomic mass is 35.5. The molecule has 1 N–H and O–H groups in total. The number of nitrogens with one attached hydrogen (secondary N) is 1. The third-order valence-electron chi connectivity index (χ3n) is 6.11. The van der Waals surface area contributed by atoms with Gasteiger partial charge in [0.2, 0.25) is 11.8 Å². The molecule has 0 atom stereocenters. The normalized spacial score (nSPS) is 25.8. The van der Waals surface area contributed by atoms with Crippen LogP contribution >= 0.6 is 11.6 Å². The molecule has 4 rings (SSSR count). The number of carbonyl (C=O) groups is 1. The minimum atomic E-state index is -4.17. The maximum atomic E-state index is 13.4. The molecule has 0 radical (unpaired) electrons. The Labute approximate surface area is 186 Å². The molecule has 2 aliphatic rings. The second kappa shape index (κ2) is 9.25. The van der Waals surface area contributed by atoms with Gasteiger partial charge in [-0.2, -0.15) is 13.2 Å². The van der Waals surface area contributed by atoms with Crippen LogP contribution in [-0.2, 0) is 4.79 Å². The molecule has 6 nitrogen and oxygen atoms in total. The average molecular weight is 476 g/mol. The summed E-state index contributed by atoms with van der Waals surface area (Å²) in [6, 6.07) is 3.92. The predicted molar refractivity (Wildman–Crippen MR) is 106 cm³/mol. The fraction of sp³-hybridized carbons (Fsp3) is 0.571. The van der Waals surface area contributed by atoms with E-state index in [-0.39, 0.29) is 59.9 Å². The number of benzene rings is 1. The Morgan fingerprint density at radius 1 is 1.12 bits per heavy atom. The van der Waals surface area contributed by atoms with Crippen molar-refractivity contribution < 1.29 is 31.5 Å². The van der Waals surface area contributed by atoms with Gasteiger partial charge in [0.25, 0.3) is 5.91 Å². The zero-order chi connectivity index (χ0) is 22.9. The lowest BCUT2D eigenvalue weighted by atomic mass is 9.74. The second-order valence-electron chi connectivity index (χ2n) is 8.37. The first-order chi connectivity index (χ1) is 15.2. The van der Waals surface area contributed by atoms with Crippen molar-refractivity contribution in [3.05, 3.63) is 40.8 Å². The molecule has 1 aromatic carbocycles. The Bertz CT molecular complexity index is 954. The van der Waals surface area contributed by atoms with Crippen molar-refractivity contribution >= 4 is 17.5 Å². The summed E-state index contributed by atoms with van der Waals surface area (Å²) in [5.74, 6) is -1.57. The summed E-state index contributed by atoms with van der Waals surface area (Å²) < 4.78 is 62.3. The lowest BCUT2D eigenvalue weighted by molar-refractivity contribution is -0.198. The molecule has 0 spiro atoms. The third-order valence-corrected chi connectivity index (χ3v) is 6.42. The van der Waals surface area contributed by atoms with E-state index in [2.05, 4.69) is 15.5 Å². The number of ether oxygens (including phenoxy) is 1. The lowest BCUT2D eigenvalue weighted by Crippen LogP contribution is -2.39. The molecule has 32 heavy (non-hydrogen) atoms. The highest BCUT2D eigenvalue weighted by Gasteiger charge is 2.49. The molecule has 11 heteroatoms. The van der Waals surface area contributed by atoms with E-state index in [9.17, 15) is 22.4 Å². The van der Waals surface area contributed by atoms with E-state index in [1.807, 2.05) is 0 Å². The molecule has 0 saturated heterocycles. The van der Waals surface area contributed by atoms with Crippen molar-refractivity contribution in [2.75, 3.05) is 6.61 Å². The molecule has 1 aromatic heterocycles. The molecule has 0 bridgehead atoms. The van der Waals surface area contributed by atoms with E-state index in [0.29, 0.717) is 31.6 Å².